The van der Waals surface area contributed by atoms with Crippen molar-refractivity contribution in [3.63, 3.8) is 0 Å². The highest BCUT2D eigenvalue weighted by Gasteiger charge is 2.29. The van der Waals surface area contributed by atoms with Crippen molar-refractivity contribution >= 4 is 5.91 Å². The summed E-state index contributed by atoms with van der Waals surface area (Å²) < 4.78 is 0. The molecule has 0 radical (unpaired) electrons. The van der Waals surface area contributed by atoms with Crippen molar-refractivity contribution in [1.29, 1.82) is 0 Å². The number of amides is 1. The van der Waals surface area contributed by atoms with Crippen LogP contribution in [0.4, 0.5) is 0 Å². The van der Waals surface area contributed by atoms with Crippen LogP contribution >= 0.6 is 0 Å². The fraction of sp³-hybridized carbons (Fsp3) is 0.545. The third kappa shape index (κ3) is 2.72. The quantitative estimate of drug-likeness (QED) is 0.662. The van der Waals surface area contributed by atoms with Crippen molar-refractivity contribution < 1.29 is 4.79 Å². The minimum atomic E-state index is -0.460. The Morgan fingerprint density at radius 2 is 1.77 bits per heavy atom. The largest absolute Gasteiger partial charge is 0.358 e. The Morgan fingerprint density at radius 3 is 2.00 bits per heavy atom. The van der Waals surface area contributed by atoms with Crippen molar-refractivity contribution in [2.24, 2.45) is 5.41 Å². The highest BCUT2D eigenvalue weighted by atomic mass is 16.2. The highest BCUT2D eigenvalue weighted by molar-refractivity contribution is 5.86. The average Bonchev–Trinajstić information content (AvgIpc) is 2.16. The van der Waals surface area contributed by atoms with E-state index in [1.54, 1.807) is 7.05 Å². The summed E-state index contributed by atoms with van der Waals surface area (Å²) >= 11 is 0. The van der Waals surface area contributed by atoms with E-state index in [9.17, 15) is 4.79 Å². The second-order valence-electron chi connectivity index (χ2n) is 2.97. The lowest BCUT2D eigenvalue weighted by Gasteiger charge is -2.23. The minimum absolute atomic E-state index is 0.0474. The van der Waals surface area contributed by atoms with Gasteiger partial charge in [-0.05, 0) is 20.3 Å². The third-order valence-electron chi connectivity index (χ3n) is 2.16. The van der Waals surface area contributed by atoms with E-state index in [2.05, 4.69) is 5.32 Å². The number of rotatable bonds is 4. The smallest absolute Gasteiger partial charge is 0.233 e. The summed E-state index contributed by atoms with van der Waals surface area (Å²) in [6.45, 7) is 5.86. The van der Waals surface area contributed by atoms with Crippen molar-refractivity contribution in [3.05, 3.63) is 24.3 Å². The van der Waals surface area contributed by atoms with Gasteiger partial charge in [-0.25, -0.2) is 0 Å². The van der Waals surface area contributed by atoms with Crippen molar-refractivity contribution in [3.8, 4) is 0 Å². The zero-order valence-electron chi connectivity index (χ0n) is 8.92. The fourth-order valence-corrected chi connectivity index (χ4v) is 1.43. The molecule has 0 aliphatic rings. The molecule has 0 aromatic heterocycles. The molecule has 74 valence electrons. The van der Waals surface area contributed by atoms with E-state index in [0.717, 1.165) is 6.42 Å². The summed E-state index contributed by atoms with van der Waals surface area (Å²) in [6.07, 6.45) is 8.48. The second kappa shape index (κ2) is 5.57. The Balaban J connectivity index is 4.96. The number of nitrogens with one attached hydrogen (secondary N) is 1. The Morgan fingerprint density at radius 1 is 1.31 bits per heavy atom. The normalized spacial score (nSPS) is 12.6. The van der Waals surface area contributed by atoms with Gasteiger partial charge in [0.2, 0.25) is 5.91 Å². The van der Waals surface area contributed by atoms with Crippen LogP contribution in [0.1, 0.15) is 27.2 Å². The number of hydrogen-bond donors (Lipinski definition) is 1. The molecule has 0 aliphatic carbocycles. The lowest BCUT2D eigenvalue weighted by Crippen LogP contribution is -2.35. The average molecular weight is 181 g/mol. The zero-order valence-corrected chi connectivity index (χ0v) is 8.92. The number of carbonyl (C=O) groups excluding carboxylic acids is 1. The molecule has 0 atom stereocenters. The van der Waals surface area contributed by atoms with Gasteiger partial charge in [0.1, 0.15) is 0 Å². The van der Waals surface area contributed by atoms with Crippen LogP contribution in [0.25, 0.3) is 0 Å². The topological polar surface area (TPSA) is 29.1 Å². The Kier molecular flexibility index (Phi) is 5.12. The molecule has 0 saturated carbocycles. The lowest BCUT2D eigenvalue weighted by atomic mass is 9.83. The van der Waals surface area contributed by atoms with Gasteiger partial charge in [0.05, 0.1) is 5.41 Å². The summed E-state index contributed by atoms with van der Waals surface area (Å²) in [4.78, 5) is 11.6. The Labute approximate surface area is 80.7 Å². The highest BCUT2D eigenvalue weighted by Crippen LogP contribution is 2.26. The van der Waals surface area contributed by atoms with E-state index in [1.807, 2.05) is 45.1 Å². The first kappa shape index (κ1) is 11.9. The molecule has 1 amide bonds. The van der Waals surface area contributed by atoms with Crippen LogP contribution in [0, 0.1) is 5.41 Å². The van der Waals surface area contributed by atoms with Gasteiger partial charge in [-0.2, -0.15) is 0 Å². The Bertz CT molecular complexity index is 204. The maximum atomic E-state index is 11.6. The minimum Gasteiger partial charge on any atom is -0.358 e. The molecule has 0 heterocycles. The molecule has 0 saturated heterocycles. The van der Waals surface area contributed by atoms with E-state index in [4.69, 9.17) is 0 Å². The maximum absolute atomic E-state index is 11.6. The molecular weight excluding hydrogens is 162 g/mol. The molecular formula is C11H19NO. The monoisotopic (exact) mass is 181 g/mol. The van der Waals surface area contributed by atoms with E-state index >= 15 is 0 Å². The first-order valence-corrected chi connectivity index (χ1v) is 4.66. The van der Waals surface area contributed by atoms with Crippen LogP contribution in [-0.4, -0.2) is 13.0 Å². The number of carbonyl (C=O) groups is 1. The van der Waals surface area contributed by atoms with Gasteiger partial charge in [0.15, 0.2) is 0 Å². The standard InChI is InChI=1S/C11H19NO/c1-5-8-11(7-3,9-6-2)10(13)12-4/h5-6,8-9H,7H2,1-4H3,(H,12,13)/b8-5+,9-6+. The molecule has 13 heavy (non-hydrogen) atoms. The second-order valence-corrected chi connectivity index (χ2v) is 2.97. The summed E-state index contributed by atoms with van der Waals surface area (Å²) in [5, 5.41) is 2.68. The van der Waals surface area contributed by atoms with Crippen LogP contribution < -0.4 is 5.32 Å². The van der Waals surface area contributed by atoms with E-state index in [0.29, 0.717) is 0 Å². The summed E-state index contributed by atoms with van der Waals surface area (Å²) in [5.74, 6) is 0.0474. The third-order valence-corrected chi connectivity index (χ3v) is 2.16. The lowest BCUT2D eigenvalue weighted by molar-refractivity contribution is -0.126. The van der Waals surface area contributed by atoms with E-state index < -0.39 is 5.41 Å². The first-order valence-electron chi connectivity index (χ1n) is 4.66. The van der Waals surface area contributed by atoms with Crippen LogP contribution in [-0.2, 0) is 4.79 Å². The van der Waals surface area contributed by atoms with Crippen molar-refractivity contribution in [2.45, 2.75) is 27.2 Å². The molecule has 0 rings (SSSR count). The van der Waals surface area contributed by atoms with Gasteiger partial charge in [0.25, 0.3) is 0 Å². The van der Waals surface area contributed by atoms with Crippen LogP contribution in [0.2, 0.25) is 0 Å². The van der Waals surface area contributed by atoms with Gasteiger partial charge in [-0.1, -0.05) is 31.2 Å². The molecule has 0 aromatic carbocycles. The molecule has 0 aliphatic heterocycles. The fourth-order valence-electron chi connectivity index (χ4n) is 1.43. The SMILES string of the molecule is C/C=C/C(/C=C/C)(CC)C(=O)NC. The molecule has 0 spiro atoms. The van der Waals surface area contributed by atoms with Crippen molar-refractivity contribution in [1.82, 2.24) is 5.32 Å². The van der Waals surface area contributed by atoms with Gasteiger partial charge in [-0.3, -0.25) is 4.79 Å². The van der Waals surface area contributed by atoms with Gasteiger partial charge >= 0.3 is 0 Å². The van der Waals surface area contributed by atoms with Gasteiger partial charge < -0.3 is 5.32 Å². The Hall–Kier alpha value is -1.05. The number of hydrogen-bond acceptors (Lipinski definition) is 1. The summed E-state index contributed by atoms with van der Waals surface area (Å²) in [6, 6.07) is 0. The predicted molar refractivity (Wildman–Crippen MR) is 56.4 cm³/mol. The molecule has 0 unspecified atom stereocenters. The molecule has 0 bridgehead atoms. The first-order chi connectivity index (χ1) is 6.16. The van der Waals surface area contributed by atoms with Crippen molar-refractivity contribution in [2.75, 3.05) is 7.05 Å². The molecule has 2 heteroatoms. The van der Waals surface area contributed by atoms with Crippen LogP contribution in [0.15, 0.2) is 24.3 Å². The molecule has 1 N–H and O–H groups in total. The van der Waals surface area contributed by atoms with Gasteiger partial charge in [-0.15, -0.1) is 0 Å². The van der Waals surface area contributed by atoms with E-state index in [1.165, 1.54) is 0 Å². The number of allylic oxidation sites excluding steroid dienone is 2. The summed E-state index contributed by atoms with van der Waals surface area (Å²) in [7, 11) is 1.67. The molecule has 0 aromatic rings. The molecule has 2 nitrogen and oxygen atoms in total. The van der Waals surface area contributed by atoms with Crippen LogP contribution in [0.3, 0.4) is 0 Å². The van der Waals surface area contributed by atoms with Crippen LogP contribution in [0.5, 0.6) is 0 Å². The summed E-state index contributed by atoms with van der Waals surface area (Å²) in [5.41, 5.74) is -0.460. The van der Waals surface area contributed by atoms with Gasteiger partial charge in [0, 0.05) is 7.05 Å². The molecule has 0 fully saturated rings. The maximum Gasteiger partial charge on any atom is 0.233 e. The predicted octanol–water partition coefficient (Wildman–Crippen LogP) is 2.28. The zero-order chi connectivity index (χ0) is 10.3. The van der Waals surface area contributed by atoms with E-state index in [-0.39, 0.29) is 5.91 Å².